The topological polar surface area (TPSA) is 44.1 Å². The van der Waals surface area contributed by atoms with Crippen molar-refractivity contribution in [1.29, 1.82) is 0 Å². The molecule has 0 saturated heterocycles. The van der Waals surface area contributed by atoms with Gasteiger partial charge in [0.05, 0.1) is 23.7 Å². The predicted octanol–water partition coefficient (Wildman–Crippen LogP) is 5.99. The van der Waals surface area contributed by atoms with Gasteiger partial charge in [-0.05, 0) is 42.0 Å². The summed E-state index contributed by atoms with van der Waals surface area (Å²) in [5, 5.41) is 2.27. The summed E-state index contributed by atoms with van der Waals surface area (Å²) in [5.41, 5.74) is 1.99. The van der Waals surface area contributed by atoms with E-state index >= 15 is 0 Å². The highest BCUT2D eigenvalue weighted by Gasteiger charge is 2.15. The highest BCUT2D eigenvalue weighted by molar-refractivity contribution is 7.98. The molecule has 1 aromatic heterocycles. The number of methoxy groups -OCH3 is 1. The first-order chi connectivity index (χ1) is 14.1. The summed E-state index contributed by atoms with van der Waals surface area (Å²) in [6, 6.07) is 20.0. The normalized spacial score (nSPS) is 11.0. The van der Waals surface area contributed by atoms with E-state index < -0.39 is 0 Å². The molecule has 0 fully saturated rings. The third kappa shape index (κ3) is 3.99. The Balaban J connectivity index is 1.86. The molecule has 29 heavy (non-hydrogen) atoms. The quantitative estimate of drug-likeness (QED) is 0.281. The molecule has 0 radical (unpaired) electrons. The van der Waals surface area contributed by atoms with E-state index in [-0.39, 0.29) is 5.56 Å². The van der Waals surface area contributed by atoms with Gasteiger partial charge in [0.1, 0.15) is 5.75 Å². The van der Waals surface area contributed by atoms with Crippen molar-refractivity contribution in [2.45, 2.75) is 10.9 Å². The van der Waals surface area contributed by atoms with Crippen molar-refractivity contribution < 1.29 is 4.74 Å². The second-order valence-corrected chi connectivity index (χ2v) is 8.00. The number of aromatic nitrogens is 2. The molecule has 0 unspecified atom stereocenters. The van der Waals surface area contributed by atoms with Gasteiger partial charge in [-0.3, -0.25) is 9.36 Å². The molecule has 0 bridgehead atoms. The summed E-state index contributed by atoms with van der Waals surface area (Å²) >= 11 is 14.0. The number of benzene rings is 3. The monoisotopic (exact) mass is 442 g/mol. The molecule has 0 aliphatic carbocycles. The van der Waals surface area contributed by atoms with Crippen molar-refractivity contribution in [2.24, 2.45) is 0 Å². The smallest absolute Gasteiger partial charge is 0.266 e. The van der Waals surface area contributed by atoms with Crippen LogP contribution in [0.2, 0.25) is 10.0 Å². The average molecular weight is 443 g/mol. The maximum atomic E-state index is 13.3. The fourth-order valence-corrected chi connectivity index (χ4v) is 4.75. The Morgan fingerprint density at radius 2 is 1.72 bits per heavy atom. The Morgan fingerprint density at radius 1 is 1.00 bits per heavy atom. The highest BCUT2D eigenvalue weighted by Crippen LogP contribution is 2.32. The van der Waals surface area contributed by atoms with Crippen LogP contribution in [0, 0.1) is 0 Å². The minimum atomic E-state index is -0.142. The lowest BCUT2D eigenvalue weighted by molar-refractivity contribution is 0.414. The van der Waals surface area contributed by atoms with Crippen LogP contribution >= 0.6 is 35.0 Å². The van der Waals surface area contributed by atoms with Crippen molar-refractivity contribution in [3.05, 3.63) is 92.7 Å². The Hall–Kier alpha value is -2.47. The molecular weight excluding hydrogens is 427 g/mol. The van der Waals surface area contributed by atoms with Gasteiger partial charge in [-0.2, -0.15) is 0 Å². The number of nitrogens with zero attached hydrogens (tertiary/aromatic N) is 2. The Morgan fingerprint density at radius 3 is 2.48 bits per heavy atom. The second-order valence-electron chi connectivity index (χ2n) is 6.24. The van der Waals surface area contributed by atoms with Crippen molar-refractivity contribution in [2.75, 3.05) is 7.11 Å². The predicted molar refractivity (Wildman–Crippen MR) is 120 cm³/mol. The zero-order valence-electron chi connectivity index (χ0n) is 15.4. The van der Waals surface area contributed by atoms with Gasteiger partial charge in [0, 0.05) is 21.9 Å². The van der Waals surface area contributed by atoms with Crippen LogP contribution in [-0.2, 0) is 5.75 Å². The van der Waals surface area contributed by atoms with Crippen LogP contribution in [0.15, 0.2) is 76.7 Å². The zero-order valence-corrected chi connectivity index (χ0v) is 17.8. The first-order valence-electron chi connectivity index (χ1n) is 8.80. The van der Waals surface area contributed by atoms with Crippen molar-refractivity contribution in [3.63, 3.8) is 0 Å². The maximum absolute atomic E-state index is 13.3. The van der Waals surface area contributed by atoms with Crippen LogP contribution in [0.3, 0.4) is 0 Å². The highest BCUT2D eigenvalue weighted by atomic mass is 35.5. The van der Waals surface area contributed by atoms with Gasteiger partial charge in [0.25, 0.3) is 5.56 Å². The summed E-state index contributed by atoms with van der Waals surface area (Å²) in [7, 11) is 1.59. The van der Waals surface area contributed by atoms with Crippen molar-refractivity contribution >= 4 is 45.9 Å². The molecule has 0 saturated carbocycles. The molecular formula is C22H16Cl2N2O2S. The number of ether oxygens (including phenoxy) is 1. The number of thioether (sulfide) groups is 1. The van der Waals surface area contributed by atoms with E-state index in [1.54, 1.807) is 35.9 Å². The van der Waals surface area contributed by atoms with E-state index in [1.807, 2.05) is 42.5 Å². The van der Waals surface area contributed by atoms with Gasteiger partial charge >= 0.3 is 0 Å². The molecule has 4 rings (SSSR count). The molecule has 146 valence electrons. The van der Waals surface area contributed by atoms with E-state index in [2.05, 4.69) is 0 Å². The minimum Gasteiger partial charge on any atom is -0.497 e. The van der Waals surface area contributed by atoms with Gasteiger partial charge in [0.2, 0.25) is 0 Å². The summed E-state index contributed by atoms with van der Waals surface area (Å²) in [6.07, 6.45) is 0. The number of hydrogen-bond acceptors (Lipinski definition) is 4. The number of rotatable bonds is 5. The third-order valence-electron chi connectivity index (χ3n) is 4.46. The molecule has 0 N–H and O–H groups in total. The van der Waals surface area contributed by atoms with E-state index in [4.69, 9.17) is 32.9 Å². The maximum Gasteiger partial charge on any atom is 0.266 e. The lowest BCUT2D eigenvalue weighted by atomic mass is 10.2. The van der Waals surface area contributed by atoms with E-state index in [0.717, 1.165) is 5.56 Å². The largest absolute Gasteiger partial charge is 0.497 e. The summed E-state index contributed by atoms with van der Waals surface area (Å²) in [5.74, 6) is 1.14. The molecule has 0 atom stereocenters. The molecule has 0 aliphatic rings. The van der Waals surface area contributed by atoms with Crippen LogP contribution in [0.1, 0.15) is 5.56 Å². The number of halogens is 2. The molecule has 0 aliphatic heterocycles. The Kier molecular flexibility index (Phi) is 5.81. The molecule has 4 nitrogen and oxygen atoms in total. The molecule has 0 amide bonds. The van der Waals surface area contributed by atoms with E-state index in [1.165, 1.54) is 11.8 Å². The number of para-hydroxylation sites is 1. The van der Waals surface area contributed by atoms with Crippen molar-refractivity contribution in [1.82, 2.24) is 9.55 Å². The lowest BCUT2D eigenvalue weighted by Crippen LogP contribution is -2.21. The fraction of sp³-hybridized carbons (Fsp3) is 0.0909. The number of hydrogen-bond donors (Lipinski definition) is 0. The van der Waals surface area contributed by atoms with Crippen molar-refractivity contribution in [3.8, 4) is 11.4 Å². The summed E-state index contributed by atoms with van der Waals surface area (Å²) < 4.78 is 6.92. The molecule has 1 heterocycles. The van der Waals surface area contributed by atoms with Gasteiger partial charge in [-0.1, -0.05) is 59.2 Å². The van der Waals surface area contributed by atoms with E-state index in [0.29, 0.717) is 43.3 Å². The molecule has 3 aromatic carbocycles. The SMILES string of the molecule is COc1cccc(-n2c(SCc3c(Cl)cccc3Cl)nc3ccccc3c2=O)c1. The number of fused-ring (bicyclic) bond motifs is 1. The summed E-state index contributed by atoms with van der Waals surface area (Å²) in [4.78, 5) is 18.1. The van der Waals surface area contributed by atoms with Gasteiger partial charge in [-0.25, -0.2) is 4.98 Å². The first-order valence-corrected chi connectivity index (χ1v) is 10.5. The first kappa shape index (κ1) is 19.8. The fourth-order valence-electron chi connectivity index (χ4n) is 2.99. The van der Waals surface area contributed by atoms with Gasteiger partial charge in [0.15, 0.2) is 5.16 Å². The van der Waals surface area contributed by atoms with E-state index in [9.17, 15) is 4.79 Å². The lowest BCUT2D eigenvalue weighted by Gasteiger charge is -2.14. The molecule has 4 aromatic rings. The van der Waals surface area contributed by atoms with Gasteiger partial charge in [-0.15, -0.1) is 0 Å². The Bertz CT molecular complexity index is 1240. The van der Waals surface area contributed by atoms with Crippen LogP contribution in [0.25, 0.3) is 16.6 Å². The Labute approximate surface area is 182 Å². The minimum absolute atomic E-state index is 0.142. The zero-order chi connectivity index (χ0) is 20.4. The van der Waals surface area contributed by atoms with Crippen LogP contribution < -0.4 is 10.3 Å². The molecule has 7 heteroatoms. The van der Waals surface area contributed by atoms with Gasteiger partial charge < -0.3 is 4.74 Å². The second kappa shape index (κ2) is 8.49. The van der Waals surface area contributed by atoms with Crippen LogP contribution in [0.5, 0.6) is 5.75 Å². The average Bonchev–Trinajstić information content (AvgIpc) is 2.73. The standard InChI is InChI=1S/C22H16Cl2N2O2S/c1-28-15-7-4-6-14(12-15)26-21(27)16-8-2-3-11-20(16)25-22(26)29-13-17-18(23)9-5-10-19(17)24/h2-12H,13H2,1H3. The van der Waals surface area contributed by atoms with Crippen LogP contribution in [-0.4, -0.2) is 16.7 Å². The van der Waals surface area contributed by atoms with Crippen LogP contribution in [0.4, 0.5) is 0 Å². The summed E-state index contributed by atoms with van der Waals surface area (Å²) in [6.45, 7) is 0. The molecule has 0 spiro atoms. The third-order valence-corrected chi connectivity index (χ3v) is 6.14.